The number of rotatable bonds is 6. The normalized spacial score (nSPS) is 10.4. The van der Waals surface area contributed by atoms with Crippen molar-refractivity contribution in [2.24, 2.45) is 0 Å². The molecule has 0 saturated heterocycles. The summed E-state index contributed by atoms with van der Waals surface area (Å²) < 4.78 is 23.7. The van der Waals surface area contributed by atoms with E-state index in [4.69, 9.17) is 21.1 Å². The van der Waals surface area contributed by atoms with Crippen LogP contribution in [0.25, 0.3) is 11.3 Å². The van der Waals surface area contributed by atoms with Gasteiger partial charge in [-0.1, -0.05) is 23.7 Å². The van der Waals surface area contributed by atoms with E-state index in [0.29, 0.717) is 22.3 Å². The molecule has 1 N–H and O–H groups in total. The molecule has 3 rings (SSSR count). The summed E-state index contributed by atoms with van der Waals surface area (Å²) in [5.41, 5.74) is 1.54. The van der Waals surface area contributed by atoms with Gasteiger partial charge in [0.25, 0.3) is 5.91 Å². The molecule has 0 fully saturated rings. The highest BCUT2D eigenvalue weighted by Crippen LogP contribution is 2.31. The van der Waals surface area contributed by atoms with Crippen LogP contribution >= 0.6 is 22.9 Å². The number of nitrogens with zero attached hydrogens (tertiary/aromatic N) is 1. The molecule has 0 aliphatic carbocycles. The van der Waals surface area contributed by atoms with Crippen LogP contribution < -0.4 is 14.8 Å². The molecule has 134 valence electrons. The minimum absolute atomic E-state index is 0.0655. The fourth-order valence-corrected chi connectivity index (χ4v) is 3.08. The molecule has 0 aliphatic heterocycles. The van der Waals surface area contributed by atoms with Gasteiger partial charge in [-0.15, -0.1) is 11.3 Å². The second-order valence-electron chi connectivity index (χ2n) is 5.15. The van der Waals surface area contributed by atoms with Crippen LogP contribution in [0.5, 0.6) is 11.5 Å². The molecule has 0 saturated carbocycles. The van der Waals surface area contributed by atoms with E-state index >= 15 is 0 Å². The zero-order valence-electron chi connectivity index (χ0n) is 13.7. The van der Waals surface area contributed by atoms with Gasteiger partial charge in [0.05, 0.1) is 17.8 Å². The third-order valence-corrected chi connectivity index (χ3v) is 4.44. The number of thiazole rings is 1. The maximum absolute atomic E-state index is 13.1. The van der Waals surface area contributed by atoms with Crippen molar-refractivity contribution < 1.29 is 18.7 Å². The highest BCUT2D eigenvalue weighted by Gasteiger charge is 2.12. The summed E-state index contributed by atoms with van der Waals surface area (Å²) in [5, 5.41) is 4.86. The van der Waals surface area contributed by atoms with Crippen LogP contribution in [0.2, 0.25) is 5.02 Å². The van der Waals surface area contributed by atoms with E-state index in [-0.39, 0.29) is 17.5 Å². The van der Waals surface area contributed by atoms with Gasteiger partial charge in [-0.05, 0) is 24.3 Å². The Morgan fingerprint density at radius 2 is 2.12 bits per heavy atom. The van der Waals surface area contributed by atoms with Crippen molar-refractivity contribution in [3.05, 3.63) is 58.7 Å². The highest BCUT2D eigenvalue weighted by molar-refractivity contribution is 7.14. The number of hydrogen-bond donors (Lipinski definition) is 1. The lowest BCUT2D eigenvalue weighted by molar-refractivity contribution is -0.118. The van der Waals surface area contributed by atoms with Crippen LogP contribution in [-0.2, 0) is 4.79 Å². The van der Waals surface area contributed by atoms with Crippen LogP contribution in [-0.4, -0.2) is 24.6 Å². The predicted octanol–water partition coefficient (Wildman–Crippen LogP) is 4.63. The van der Waals surface area contributed by atoms with Crippen molar-refractivity contribution in [3.63, 3.8) is 0 Å². The second kappa shape index (κ2) is 8.16. The molecule has 3 aromatic rings. The third kappa shape index (κ3) is 4.30. The molecule has 0 atom stereocenters. The first-order valence-electron chi connectivity index (χ1n) is 7.53. The van der Waals surface area contributed by atoms with E-state index in [2.05, 4.69) is 10.3 Å². The minimum Gasteiger partial charge on any atom is -0.496 e. The van der Waals surface area contributed by atoms with Gasteiger partial charge < -0.3 is 9.47 Å². The van der Waals surface area contributed by atoms with Crippen LogP contribution in [0.15, 0.2) is 47.8 Å². The SMILES string of the molecule is COc1ccccc1-c1csc(NC(=O)COc2ccc(F)c(Cl)c2)n1. The molecule has 2 aromatic carbocycles. The van der Waals surface area contributed by atoms with Crippen molar-refractivity contribution in [2.75, 3.05) is 19.0 Å². The summed E-state index contributed by atoms with van der Waals surface area (Å²) in [6.07, 6.45) is 0. The summed E-state index contributed by atoms with van der Waals surface area (Å²) in [5.74, 6) is 0.0779. The topological polar surface area (TPSA) is 60.5 Å². The molecule has 1 heterocycles. The highest BCUT2D eigenvalue weighted by atomic mass is 35.5. The number of halogens is 2. The van der Waals surface area contributed by atoms with Crippen molar-refractivity contribution in [1.82, 2.24) is 4.98 Å². The summed E-state index contributed by atoms with van der Waals surface area (Å²) in [6, 6.07) is 11.4. The smallest absolute Gasteiger partial charge is 0.264 e. The third-order valence-electron chi connectivity index (χ3n) is 3.39. The molecular formula is C18H14ClFN2O3S. The van der Waals surface area contributed by atoms with Crippen LogP contribution in [0, 0.1) is 5.82 Å². The quantitative estimate of drug-likeness (QED) is 0.664. The van der Waals surface area contributed by atoms with Crippen molar-refractivity contribution >= 4 is 34.0 Å². The lowest BCUT2D eigenvalue weighted by Gasteiger charge is -2.06. The molecule has 5 nitrogen and oxygen atoms in total. The molecule has 0 unspecified atom stereocenters. The van der Waals surface area contributed by atoms with Crippen molar-refractivity contribution in [2.45, 2.75) is 0 Å². The molecule has 1 amide bonds. The summed E-state index contributed by atoms with van der Waals surface area (Å²) in [7, 11) is 1.59. The zero-order valence-corrected chi connectivity index (χ0v) is 15.2. The first kappa shape index (κ1) is 18.2. The van der Waals surface area contributed by atoms with E-state index in [1.54, 1.807) is 7.11 Å². The number of anilines is 1. The zero-order chi connectivity index (χ0) is 18.5. The van der Waals surface area contributed by atoms with Crippen molar-refractivity contribution in [1.29, 1.82) is 0 Å². The van der Waals surface area contributed by atoms with Crippen LogP contribution in [0.4, 0.5) is 9.52 Å². The van der Waals surface area contributed by atoms with E-state index in [0.717, 1.165) is 5.56 Å². The number of carbonyl (C=O) groups is 1. The number of methoxy groups -OCH3 is 1. The molecule has 0 aliphatic rings. The molecule has 0 spiro atoms. The van der Waals surface area contributed by atoms with Gasteiger partial charge in [-0.25, -0.2) is 9.37 Å². The second-order valence-corrected chi connectivity index (χ2v) is 6.42. The van der Waals surface area contributed by atoms with E-state index in [9.17, 15) is 9.18 Å². The number of nitrogens with one attached hydrogen (secondary N) is 1. The minimum atomic E-state index is -0.546. The average molecular weight is 393 g/mol. The molecule has 8 heteroatoms. The average Bonchev–Trinajstić information content (AvgIpc) is 3.11. The van der Waals surface area contributed by atoms with E-state index < -0.39 is 5.82 Å². The van der Waals surface area contributed by atoms with Gasteiger partial charge in [0.1, 0.15) is 17.3 Å². The number of benzene rings is 2. The lowest BCUT2D eigenvalue weighted by Crippen LogP contribution is -2.20. The van der Waals surface area contributed by atoms with Crippen molar-refractivity contribution in [3.8, 4) is 22.8 Å². The Labute approximate surface area is 158 Å². The monoisotopic (exact) mass is 392 g/mol. The maximum atomic E-state index is 13.1. The maximum Gasteiger partial charge on any atom is 0.264 e. The predicted molar refractivity (Wildman–Crippen MR) is 99.6 cm³/mol. The number of aromatic nitrogens is 1. The number of carbonyl (C=O) groups excluding carboxylic acids is 1. The van der Waals surface area contributed by atoms with Gasteiger partial charge in [0.15, 0.2) is 11.7 Å². The Kier molecular flexibility index (Phi) is 5.70. The van der Waals surface area contributed by atoms with Crippen LogP contribution in [0.1, 0.15) is 0 Å². The number of para-hydroxylation sites is 1. The van der Waals surface area contributed by atoms with E-state index in [1.165, 1.54) is 29.5 Å². The standard InChI is InChI=1S/C18H14ClFN2O3S/c1-24-16-5-3-2-4-12(16)15-10-26-18(21-15)22-17(23)9-25-11-6-7-14(20)13(19)8-11/h2-8,10H,9H2,1H3,(H,21,22,23). The molecule has 1 aromatic heterocycles. The fourth-order valence-electron chi connectivity index (χ4n) is 2.18. The lowest BCUT2D eigenvalue weighted by atomic mass is 10.1. The van der Waals surface area contributed by atoms with E-state index in [1.807, 2.05) is 29.6 Å². The Balaban J connectivity index is 1.61. The first-order valence-corrected chi connectivity index (χ1v) is 8.79. The van der Waals surface area contributed by atoms with Gasteiger partial charge in [0, 0.05) is 17.0 Å². The summed E-state index contributed by atoms with van der Waals surface area (Å²) in [6.45, 7) is -0.245. The number of ether oxygens (including phenoxy) is 2. The van der Waals surface area contributed by atoms with Gasteiger partial charge in [0.2, 0.25) is 0 Å². The molecule has 0 radical (unpaired) electrons. The Bertz CT molecular complexity index is 932. The number of hydrogen-bond acceptors (Lipinski definition) is 5. The Morgan fingerprint density at radius 1 is 1.31 bits per heavy atom. The Morgan fingerprint density at radius 3 is 2.88 bits per heavy atom. The Hall–Kier alpha value is -2.64. The van der Waals surface area contributed by atoms with Gasteiger partial charge in [-0.2, -0.15) is 0 Å². The fraction of sp³-hybridized carbons (Fsp3) is 0.111. The molecule has 0 bridgehead atoms. The van der Waals surface area contributed by atoms with Gasteiger partial charge >= 0.3 is 0 Å². The summed E-state index contributed by atoms with van der Waals surface area (Å²) in [4.78, 5) is 16.4. The largest absolute Gasteiger partial charge is 0.496 e. The first-order chi connectivity index (χ1) is 12.6. The molecule has 26 heavy (non-hydrogen) atoms. The summed E-state index contributed by atoms with van der Waals surface area (Å²) >= 11 is 6.96. The number of amides is 1. The van der Waals surface area contributed by atoms with Crippen LogP contribution in [0.3, 0.4) is 0 Å². The molecular weight excluding hydrogens is 379 g/mol. The van der Waals surface area contributed by atoms with Gasteiger partial charge in [-0.3, -0.25) is 10.1 Å².